The summed E-state index contributed by atoms with van der Waals surface area (Å²) in [6.07, 6.45) is 2.04. The highest BCUT2D eigenvalue weighted by atomic mass is 35.5. The number of ketones is 1. The van der Waals surface area contributed by atoms with Gasteiger partial charge in [0.1, 0.15) is 0 Å². The molecule has 3 N–H and O–H groups in total. The Hall–Kier alpha value is -0.950. The summed E-state index contributed by atoms with van der Waals surface area (Å²) < 4.78 is 27.0. The Labute approximate surface area is 125 Å². The van der Waals surface area contributed by atoms with Crippen molar-refractivity contribution in [3.63, 3.8) is 0 Å². The summed E-state index contributed by atoms with van der Waals surface area (Å²) >= 11 is 0. The van der Waals surface area contributed by atoms with Gasteiger partial charge in [-0.05, 0) is 37.8 Å². The van der Waals surface area contributed by atoms with Gasteiger partial charge in [0, 0.05) is 18.2 Å². The zero-order valence-corrected chi connectivity index (χ0v) is 12.8. The number of sulfonamides is 1. The third-order valence-electron chi connectivity index (χ3n) is 3.32. The van der Waals surface area contributed by atoms with Crippen LogP contribution in [0.3, 0.4) is 0 Å². The average Bonchev–Trinajstić information content (AvgIpc) is 3.20. The van der Waals surface area contributed by atoms with Crippen LogP contribution in [0.4, 0.5) is 0 Å². The van der Waals surface area contributed by atoms with Gasteiger partial charge in [0.2, 0.25) is 10.0 Å². The van der Waals surface area contributed by atoms with Crippen LogP contribution in [0.1, 0.15) is 30.1 Å². The molecule has 112 valence electrons. The first-order valence-corrected chi connectivity index (χ1v) is 7.76. The Morgan fingerprint density at radius 1 is 1.35 bits per heavy atom. The summed E-state index contributed by atoms with van der Waals surface area (Å²) in [5.41, 5.74) is 6.09. The molecule has 1 atom stereocenters. The second-order valence-electron chi connectivity index (χ2n) is 4.88. The van der Waals surface area contributed by atoms with E-state index in [9.17, 15) is 13.2 Å². The monoisotopic (exact) mass is 318 g/mol. The Balaban J connectivity index is 0.00000200. The third kappa shape index (κ3) is 4.02. The van der Waals surface area contributed by atoms with E-state index in [2.05, 4.69) is 4.72 Å². The average molecular weight is 319 g/mol. The van der Waals surface area contributed by atoms with E-state index < -0.39 is 10.0 Å². The highest BCUT2D eigenvalue weighted by molar-refractivity contribution is 7.89. The predicted octanol–water partition coefficient (Wildman–Crippen LogP) is 1.33. The van der Waals surface area contributed by atoms with E-state index in [4.69, 9.17) is 5.73 Å². The summed E-state index contributed by atoms with van der Waals surface area (Å²) in [4.78, 5) is 11.3. The summed E-state index contributed by atoms with van der Waals surface area (Å²) in [7, 11) is -3.56. The number of nitrogens with two attached hydrogens (primary N) is 1. The van der Waals surface area contributed by atoms with Crippen LogP contribution in [0.5, 0.6) is 0 Å². The van der Waals surface area contributed by atoms with Gasteiger partial charge in [-0.1, -0.05) is 12.1 Å². The van der Waals surface area contributed by atoms with Gasteiger partial charge in [-0.3, -0.25) is 4.79 Å². The molecule has 0 spiro atoms. The molecule has 1 fully saturated rings. The quantitative estimate of drug-likeness (QED) is 0.774. The molecule has 2 rings (SSSR count). The van der Waals surface area contributed by atoms with Crippen LogP contribution in [0.2, 0.25) is 0 Å². The lowest BCUT2D eigenvalue weighted by Crippen LogP contribution is -2.41. The number of carbonyl (C=O) groups is 1. The number of benzene rings is 1. The topological polar surface area (TPSA) is 89.3 Å². The van der Waals surface area contributed by atoms with Crippen LogP contribution in [0.15, 0.2) is 29.2 Å². The molecule has 0 radical (unpaired) electrons. The van der Waals surface area contributed by atoms with Gasteiger partial charge in [-0.25, -0.2) is 13.1 Å². The Kier molecular flexibility index (Phi) is 5.70. The Morgan fingerprint density at radius 2 is 1.90 bits per heavy atom. The third-order valence-corrected chi connectivity index (χ3v) is 4.83. The van der Waals surface area contributed by atoms with E-state index in [0.717, 1.165) is 12.8 Å². The van der Waals surface area contributed by atoms with E-state index in [1.165, 1.54) is 31.2 Å². The maximum Gasteiger partial charge on any atom is 0.240 e. The maximum atomic E-state index is 12.2. The van der Waals surface area contributed by atoms with Gasteiger partial charge in [-0.15, -0.1) is 12.4 Å². The number of Topliss-reactive ketones (excluding diaryl/α,β-unsaturated/α-hetero) is 1. The van der Waals surface area contributed by atoms with Crippen molar-refractivity contribution in [2.75, 3.05) is 6.54 Å². The fraction of sp³-hybridized carbons (Fsp3) is 0.462. The number of halogens is 1. The summed E-state index contributed by atoms with van der Waals surface area (Å²) in [5, 5.41) is 0. The molecule has 0 aliphatic heterocycles. The number of hydrogen-bond donors (Lipinski definition) is 2. The lowest BCUT2D eigenvalue weighted by Gasteiger charge is -2.16. The van der Waals surface area contributed by atoms with Gasteiger partial charge < -0.3 is 5.73 Å². The molecule has 1 aromatic carbocycles. The fourth-order valence-electron chi connectivity index (χ4n) is 1.97. The van der Waals surface area contributed by atoms with Crippen molar-refractivity contribution in [2.24, 2.45) is 11.7 Å². The van der Waals surface area contributed by atoms with E-state index in [0.29, 0.717) is 18.0 Å². The minimum atomic E-state index is -3.56. The normalized spacial score (nSPS) is 16.3. The van der Waals surface area contributed by atoms with Gasteiger partial charge in [0.15, 0.2) is 5.78 Å². The molecule has 1 unspecified atom stereocenters. The largest absolute Gasteiger partial charge is 0.329 e. The van der Waals surface area contributed by atoms with Crippen LogP contribution in [0.25, 0.3) is 0 Å². The molecular formula is C13H19ClN2O3S. The first-order chi connectivity index (χ1) is 8.94. The van der Waals surface area contributed by atoms with Crippen molar-refractivity contribution in [2.45, 2.75) is 30.7 Å². The zero-order chi connectivity index (χ0) is 14.0. The second-order valence-corrected chi connectivity index (χ2v) is 6.60. The molecule has 1 saturated carbocycles. The second kappa shape index (κ2) is 6.67. The highest BCUT2D eigenvalue weighted by Crippen LogP contribution is 2.32. The molecular weight excluding hydrogens is 300 g/mol. The Morgan fingerprint density at radius 3 is 2.30 bits per heavy atom. The molecule has 0 heterocycles. The van der Waals surface area contributed by atoms with Crippen LogP contribution in [0, 0.1) is 5.92 Å². The van der Waals surface area contributed by atoms with Gasteiger partial charge in [-0.2, -0.15) is 0 Å². The maximum absolute atomic E-state index is 12.2. The number of carbonyl (C=O) groups excluding carboxylic acids is 1. The molecule has 0 amide bonds. The van der Waals surface area contributed by atoms with E-state index >= 15 is 0 Å². The fourth-order valence-corrected chi connectivity index (χ4v) is 3.29. The molecule has 5 nitrogen and oxygen atoms in total. The minimum absolute atomic E-state index is 0. The lowest BCUT2D eigenvalue weighted by molar-refractivity contribution is 0.101. The van der Waals surface area contributed by atoms with Crippen LogP contribution < -0.4 is 10.5 Å². The zero-order valence-electron chi connectivity index (χ0n) is 11.2. The van der Waals surface area contributed by atoms with E-state index in [1.807, 2.05) is 0 Å². The smallest absolute Gasteiger partial charge is 0.240 e. The minimum Gasteiger partial charge on any atom is -0.329 e. The van der Waals surface area contributed by atoms with Crippen LogP contribution in [-0.2, 0) is 10.0 Å². The van der Waals surface area contributed by atoms with Crippen molar-refractivity contribution < 1.29 is 13.2 Å². The highest BCUT2D eigenvalue weighted by Gasteiger charge is 2.33. The van der Waals surface area contributed by atoms with E-state index in [-0.39, 0.29) is 29.1 Å². The van der Waals surface area contributed by atoms with Gasteiger partial charge in [0.25, 0.3) is 0 Å². The van der Waals surface area contributed by atoms with Crippen LogP contribution in [-0.4, -0.2) is 26.8 Å². The summed E-state index contributed by atoms with van der Waals surface area (Å²) in [6, 6.07) is 5.73. The van der Waals surface area contributed by atoms with Crippen molar-refractivity contribution in [1.29, 1.82) is 0 Å². The molecule has 7 heteroatoms. The standard InChI is InChI=1S/C13H18N2O3S.ClH/c1-9(16)10-4-6-12(7-5-10)19(17,18)15-13(8-14)11-2-3-11;/h4-7,11,13,15H,2-3,8,14H2,1H3;1H. The van der Waals surface area contributed by atoms with Crippen molar-refractivity contribution >= 4 is 28.2 Å². The molecule has 1 aliphatic rings. The summed E-state index contributed by atoms with van der Waals surface area (Å²) in [6.45, 7) is 1.74. The van der Waals surface area contributed by atoms with Gasteiger partial charge in [0.05, 0.1) is 4.90 Å². The number of hydrogen-bond acceptors (Lipinski definition) is 4. The molecule has 0 aromatic heterocycles. The van der Waals surface area contributed by atoms with Crippen LogP contribution >= 0.6 is 12.4 Å². The molecule has 0 bridgehead atoms. The molecule has 20 heavy (non-hydrogen) atoms. The molecule has 1 aromatic rings. The van der Waals surface area contributed by atoms with Crippen molar-refractivity contribution in [3.8, 4) is 0 Å². The SMILES string of the molecule is CC(=O)c1ccc(S(=O)(=O)NC(CN)C2CC2)cc1.Cl. The first-order valence-electron chi connectivity index (χ1n) is 6.27. The first kappa shape index (κ1) is 17.1. The van der Waals surface area contributed by atoms with E-state index in [1.54, 1.807) is 0 Å². The van der Waals surface area contributed by atoms with Gasteiger partial charge >= 0.3 is 0 Å². The number of nitrogens with one attached hydrogen (secondary N) is 1. The summed E-state index contributed by atoms with van der Waals surface area (Å²) in [5.74, 6) is 0.269. The molecule has 0 saturated heterocycles. The molecule has 1 aliphatic carbocycles. The van der Waals surface area contributed by atoms with Crippen molar-refractivity contribution in [3.05, 3.63) is 29.8 Å². The Bertz CT molecular complexity index is 568. The number of rotatable bonds is 6. The van der Waals surface area contributed by atoms with Crippen molar-refractivity contribution in [1.82, 2.24) is 4.72 Å². The predicted molar refractivity (Wildman–Crippen MR) is 79.6 cm³/mol. The lowest BCUT2D eigenvalue weighted by atomic mass is 10.2.